The van der Waals surface area contributed by atoms with Crippen LogP contribution in [0.15, 0.2) is 18.2 Å². The van der Waals surface area contributed by atoms with Crippen molar-refractivity contribution >= 4 is 23.2 Å². The topological polar surface area (TPSA) is 84.7 Å². The summed E-state index contributed by atoms with van der Waals surface area (Å²) in [5.74, 6) is 0.0474. The van der Waals surface area contributed by atoms with E-state index in [0.717, 1.165) is 0 Å². The molecule has 1 unspecified atom stereocenters. The third-order valence-corrected chi connectivity index (χ3v) is 3.06. The van der Waals surface area contributed by atoms with E-state index in [0.29, 0.717) is 23.5 Å². The number of nitrogens with one attached hydrogen (secondary N) is 1. The minimum absolute atomic E-state index is 0.0591. The number of nitrogens with two attached hydrogens (primary N) is 1. The van der Waals surface area contributed by atoms with Crippen LogP contribution in [-0.4, -0.2) is 31.5 Å². The molecule has 1 atom stereocenters. The molecule has 1 aliphatic heterocycles. The van der Waals surface area contributed by atoms with E-state index >= 15 is 0 Å². The highest BCUT2D eigenvalue weighted by Crippen LogP contribution is 2.39. The molecule has 0 aliphatic carbocycles. The number of hydrogen-bond acceptors (Lipinski definition) is 4. The van der Waals surface area contributed by atoms with Gasteiger partial charge in [0.05, 0.1) is 5.69 Å². The molecule has 102 valence electrons. The van der Waals surface area contributed by atoms with Crippen LogP contribution in [0.5, 0.6) is 5.75 Å². The maximum absolute atomic E-state index is 12.3. The molecular formula is C13H17N3O3. The van der Waals surface area contributed by atoms with Crippen LogP contribution in [0.2, 0.25) is 0 Å². The summed E-state index contributed by atoms with van der Waals surface area (Å²) in [5.41, 5.74) is 6.79. The van der Waals surface area contributed by atoms with Gasteiger partial charge in [-0.05, 0) is 18.6 Å². The Bertz CT molecular complexity index is 516. The van der Waals surface area contributed by atoms with Crippen LogP contribution in [0.25, 0.3) is 0 Å². The number of hydrogen-bond donors (Lipinski definition) is 2. The van der Waals surface area contributed by atoms with Gasteiger partial charge < -0.3 is 15.8 Å². The van der Waals surface area contributed by atoms with Crippen LogP contribution >= 0.6 is 0 Å². The van der Waals surface area contributed by atoms with Crippen LogP contribution < -0.4 is 20.7 Å². The second-order valence-corrected chi connectivity index (χ2v) is 4.31. The number of nitrogen functional groups attached to an aromatic ring is 1. The minimum Gasteiger partial charge on any atom is -0.478 e. The molecule has 0 bridgehead atoms. The predicted molar refractivity (Wildman–Crippen MR) is 72.0 cm³/mol. The summed E-state index contributed by atoms with van der Waals surface area (Å²) in [5, 5.41) is 2.50. The van der Waals surface area contributed by atoms with Gasteiger partial charge in [-0.25, -0.2) is 0 Å². The van der Waals surface area contributed by atoms with E-state index in [4.69, 9.17) is 10.5 Å². The number of para-hydroxylation sites is 1. The molecule has 0 saturated heterocycles. The number of carbonyl (C=O) groups excluding carboxylic acids is 2. The molecule has 1 aliphatic rings. The Morgan fingerprint density at radius 1 is 1.53 bits per heavy atom. The molecule has 6 heteroatoms. The average molecular weight is 263 g/mol. The summed E-state index contributed by atoms with van der Waals surface area (Å²) in [7, 11) is 1.53. The van der Waals surface area contributed by atoms with Gasteiger partial charge >= 0.3 is 0 Å². The van der Waals surface area contributed by atoms with E-state index < -0.39 is 6.10 Å². The van der Waals surface area contributed by atoms with E-state index in [2.05, 4.69) is 5.32 Å². The fraction of sp³-hybridized carbons (Fsp3) is 0.385. The Balaban J connectivity index is 2.44. The SMILES string of the molecule is CCC1Oc2cccc(N)c2N(CC(=O)NC)C1=O. The van der Waals surface area contributed by atoms with E-state index in [1.165, 1.54) is 11.9 Å². The molecule has 2 rings (SSSR count). The molecule has 1 heterocycles. The van der Waals surface area contributed by atoms with Gasteiger partial charge in [-0.3, -0.25) is 14.5 Å². The van der Waals surface area contributed by atoms with Gasteiger partial charge in [-0.1, -0.05) is 13.0 Å². The zero-order valence-corrected chi connectivity index (χ0v) is 11.0. The lowest BCUT2D eigenvalue weighted by atomic mass is 10.1. The second-order valence-electron chi connectivity index (χ2n) is 4.31. The van der Waals surface area contributed by atoms with Crippen LogP contribution in [0.1, 0.15) is 13.3 Å². The number of rotatable bonds is 3. The Kier molecular flexibility index (Phi) is 3.59. The summed E-state index contributed by atoms with van der Waals surface area (Å²) in [6.45, 7) is 1.80. The highest BCUT2D eigenvalue weighted by atomic mass is 16.5. The van der Waals surface area contributed by atoms with Crippen molar-refractivity contribution in [2.24, 2.45) is 0 Å². The second kappa shape index (κ2) is 5.17. The van der Waals surface area contributed by atoms with Crippen molar-refractivity contribution in [1.82, 2.24) is 5.32 Å². The van der Waals surface area contributed by atoms with E-state index in [-0.39, 0.29) is 18.4 Å². The van der Waals surface area contributed by atoms with Crippen molar-refractivity contribution in [3.8, 4) is 5.75 Å². The van der Waals surface area contributed by atoms with Gasteiger partial charge in [-0.2, -0.15) is 0 Å². The molecule has 0 saturated carbocycles. The van der Waals surface area contributed by atoms with Crippen LogP contribution in [0.4, 0.5) is 11.4 Å². The standard InChI is InChI=1S/C13H17N3O3/c1-3-9-13(18)16(7-11(17)15-2)12-8(14)5-4-6-10(12)19-9/h4-6,9H,3,7,14H2,1-2H3,(H,15,17). The first kappa shape index (κ1) is 13.2. The monoisotopic (exact) mass is 263 g/mol. The molecule has 0 spiro atoms. The molecule has 6 nitrogen and oxygen atoms in total. The lowest BCUT2D eigenvalue weighted by Gasteiger charge is -2.34. The summed E-state index contributed by atoms with van der Waals surface area (Å²) in [4.78, 5) is 25.2. The largest absolute Gasteiger partial charge is 0.478 e. The van der Waals surface area contributed by atoms with Crippen molar-refractivity contribution < 1.29 is 14.3 Å². The summed E-state index contributed by atoms with van der Waals surface area (Å²) in [6.07, 6.45) is -0.0314. The molecule has 0 fully saturated rings. The highest BCUT2D eigenvalue weighted by Gasteiger charge is 2.35. The van der Waals surface area contributed by atoms with Crippen molar-refractivity contribution in [2.45, 2.75) is 19.4 Å². The van der Waals surface area contributed by atoms with Gasteiger partial charge in [0.2, 0.25) is 5.91 Å². The number of fused-ring (bicyclic) bond motifs is 1. The van der Waals surface area contributed by atoms with Gasteiger partial charge in [0.1, 0.15) is 18.0 Å². The number of anilines is 2. The van der Waals surface area contributed by atoms with Crippen LogP contribution in [0.3, 0.4) is 0 Å². The zero-order chi connectivity index (χ0) is 14.0. The molecule has 0 aromatic heterocycles. The van der Waals surface area contributed by atoms with Crippen molar-refractivity contribution in [1.29, 1.82) is 0 Å². The smallest absolute Gasteiger partial charge is 0.268 e. The number of nitrogens with zero attached hydrogens (tertiary/aromatic N) is 1. The Hall–Kier alpha value is -2.24. The van der Waals surface area contributed by atoms with E-state index in [9.17, 15) is 9.59 Å². The van der Waals surface area contributed by atoms with E-state index in [1.54, 1.807) is 18.2 Å². The number of carbonyl (C=O) groups is 2. The lowest BCUT2D eigenvalue weighted by Crippen LogP contribution is -2.49. The average Bonchev–Trinajstić information content (AvgIpc) is 2.41. The molecule has 0 radical (unpaired) electrons. The van der Waals surface area contributed by atoms with Crippen molar-refractivity contribution in [3.05, 3.63) is 18.2 Å². The van der Waals surface area contributed by atoms with Gasteiger partial charge in [0.15, 0.2) is 6.10 Å². The third kappa shape index (κ3) is 2.33. The lowest BCUT2D eigenvalue weighted by molar-refractivity contribution is -0.128. The first-order valence-corrected chi connectivity index (χ1v) is 6.15. The van der Waals surface area contributed by atoms with Crippen LogP contribution in [-0.2, 0) is 9.59 Å². The first-order valence-electron chi connectivity index (χ1n) is 6.15. The van der Waals surface area contributed by atoms with E-state index in [1.807, 2.05) is 6.92 Å². The Morgan fingerprint density at radius 2 is 2.26 bits per heavy atom. The molecular weight excluding hydrogens is 246 g/mol. The normalized spacial score (nSPS) is 17.7. The maximum atomic E-state index is 12.3. The van der Waals surface area contributed by atoms with Gasteiger partial charge in [0.25, 0.3) is 5.91 Å². The van der Waals surface area contributed by atoms with Crippen molar-refractivity contribution in [2.75, 3.05) is 24.2 Å². The molecule has 1 aromatic carbocycles. The van der Waals surface area contributed by atoms with Crippen LogP contribution in [0, 0.1) is 0 Å². The summed E-state index contributed by atoms with van der Waals surface area (Å²) < 4.78 is 5.62. The Morgan fingerprint density at radius 3 is 2.89 bits per heavy atom. The molecule has 19 heavy (non-hydrogen) atoms. The first-order chi connectivity index (χ1) is 9.08. The molecule has 2 amide bonds. The van der Waals surface area contributed by atoms with Gasteiger partial charge in [-0.15, -0.1) is 0 Å². The fourth-order valence-corrected chi connectivity index (χ4v) is 2.05. The molecule has 3 N–H and O–H groups in total. The number of amides is 2. The molecule has 1 aromatic rings. The number of ether oxygens (including phenoxy) is 1. The number of benzene rings is 1. The quantitative estimate of drug-likeness (QED) is 0.779. The zero-order valence-electron chi connectivity index (χ0n) is 11.0. The Labute approximate surface area is 111 Å². The van der Waals surface area contributed by atoms with Gasteiger partial charge in [0, 0.05) is 7.05 Å². The highest BCUT2D eigenvalue weighted by molar-refractivity contribution is 6.06. The van der Waals surface area contributed by atoms with Crippen molar-refractivity contribution in [3.63, 3.8) is 0 Å². The third-order valence-electron chi connectivity index (χ3n) is 3.06. The minimum atomic E-state index is -0.570. The number of likely N-dealkylation sites (N-methyl/N-ethyl adjacent to an activating group) is 1. The summed E-state index contributed by atoms with van der Waals surface area (Å²) in [6, 6.07) is 5.19. The predicted octanol–water partition coefficient (Wildman–Crippen LogP) is 0.519. The summed E-state index contributed by atoms with van der Waals surface area (Å²) >= 11 is 0. The maximum Gasteiger partial charge on any atom is 0.268 e. The fourth-order valence-electron chi connectivity index (χ4n) is 2.05.